The van der Waals surface area contributed by atoms with E-state index >= 15 is 0 Å². The van der Waals surface area contributed by atoms with Crippen LogP contribution in [0, 0.1) is 11.8 Å². The molecule has 5 heteroatoms. The Labute approximate surface area is 116 Å². The number of thiophene rings is 1. The summed E-state index contributed by atoms with van der Waals surface area (Å²) in [4.78, 5) is 26.7. The lowest BCUT2D eigenvalue weighted by atomic mass is 9.96. The van der Waals surface area contributed by atoms with Crippen molar-refractivity contribution in [1.29, 1.82) is 0 Å². The first-order valence-electron chi connectivity index (χ1n) is 6.78. The molecule has 0 spiro atoms. The number of hydrogen-bond donors (Lipinski definition) is 1. The molecule has 0 bridgehead atoms. The Morgan fingerprint density at radius 1 is 1.32 bits per heavy atom. The first-order valence-corrected chi connectivity index (χ1v) is 7.66. The highest BCUT2D eigenvalue weighted by molar-refractivity contribution is 7.10. The van der Waals surface area contributed by atoms with Crippen molar-refractivity contribution < 1.29 is 9.59 Å². The van der Waals surface area contributed by atoms with E-state index in [4.69, 9.17) is 5.73 Å². The highest BCUT2D eigenvalue weighted by atomic mass is 32.1. The van der Waals surface area contributed by atoms with Crippen LogP contribution in [0.5, 0.6) is 0 Å². The third-order valence-corrected chi connectivity index (χ3v) is 5.23. The maximum Gasteiger partial charge on any atom is 0.226 e. The zero-order valence-corrected chi connectivity index (χ0v) is 11.6. The van der Waals surface area contributed by atoms with Gasteiger partial charge in [0.25, 0.3) is 0 Å². The lowest BCUT2D eigenvalue weighted by Gasteiger charge is -2.30. The summed E-state index contributed by atoms with van der Waals surface area (Å²) in [5, 5.41) is 2.06. The molecule has 2 amide bonds. The molecule has 2 unspecified atom stereocenters. The molecule has 2 aliphatic rings. The summed E-state index contributed by atoms with van der Waals surface area (Å²) in [7, 11) is 0. The largest absolute Gasteiger partial charge is 0.369 e. The fourth-order valence-electron chi connectivity index (χ4n) is 2.90. The molecule has 3 rings (SSSR count). The molecular formula is C14H18N2O2S. The monoisotopic (exact) mass is 278 g/mol. The standard InChI is InChI=1S/C14H18N2O2S/c15-13(17)9-3-5-16(6-4-9)14(18)11-8-10(11)12-2-1-7-19-12/h1-2,7,9-11H,3-6,8H2,(H2,15,17). The normalized spacial score (nSPS) is 27.3. The highest BCUT2D eigenvalue weighted by Crippen LogP contribution is 2.50. The van der Waals surface area contributed by atoms with E-state index in [2.05, 4.69) is 11.4 Å². The summed E-state index contributed by atoms with van der Waals surface area (Å²) in [5.41, 5.74) is 5.31. The molecule has 0 aromatic carbocycles. The number of nitrogens with two attached hydrogens (primary N) is 1. The molecule has 4 nitrogen and oxygen atoms in total. The Bertz CT molecular complexity index is 478. The minimum absolute atomic E-state index is 0.0451. The van der Waals surface area contributed by atoms with Crippen molar-refractivity contribution in [3.63, 3.8) is 0 Å². The van der Waals surface area contributed by atoms with Crippen molar-refractivity contribution in [3.8, 4) is 0 Å². The van der Waals surface area contributed by atoms with Crippen LogP contribution in [0.2, 0.25) is 0 Å². The number of amides is 2. The Balaban J connectivity index is 1.54. The van der Waals surface area contributed by atoms with Gasteiger partial charge in [-0.25, -0.2) is 0 Å². The van der Waals surface area contributed by atoms with Gasteiger partial charge in [0.15, 0.2) is 0 Å². The van der Waals surface area contributed by atoms with E-state index in [1.807, 2.05) is 11.0 Å². The quantitative estimate of drug-likeness (QED) is 0.912. The van der Waals surface area contributed by atoms with Crippen LogP contribution in [0.15, 0.2) is 17.5 Å². The summed E-state index contributed by atoms with van der Waals surface area (Å²) in [6.45, 7) is 1.36. The van der Waals surface area contributed by atoms with E-state index in [1.165, 1.54) is 4.88 Å². The van der Waals surface area contributed by atoms with Gasteiger partial charge in [0.05, 0.1) is 0 Å². The van der Waals surface area contributed by atoms with Gasteiger partial charge in [-0.2, -0.15) is 0 Å². The van der Waals surface area contributed by atoms with Crippen molar-refractivity contribution in [2.24, 2.45) is 17.6 Å². The van der Waals surface area contributed by atoms with Gasteiger partial charge in [0.2, 0.25) is 11.8 Å². The lowest BCUT2D eigenvalue weighted by molar-refractivity contribution is -0.136. The van der Waals surface area contributed by atoms with Gasteiger partial charge in [-0.1, -0.05) is 6.07 Å². The second-order valence-corrected chi connectivity index (χ2v) is 6.45. The molecule has 102 valence electrons. The highest BCUT2D eigenvalue weighted by Gasteiger charge is 2.46. The van der Waals surface area contributed by atoms with Gasteiger partial charge in [0.1, 0.15) is 0 Å². The molecule has 1 aliphatic carbocycles. The Kier molecular flexibility index (Phi) is 3.31. The Hall–Kier alpha value is -1.36. The summed E-state index contributed by atoms with van der Waals surface area (Å²) >= 11 is 1.73. The van der Waals surface area contributed by atoms with Gasteiger partial charge in [0, 0.05) is 35.7 Å². The molecule has 1 aromatic heterocycles. The van der Waals surface area contributed by atoms with Crippen molar-refractivity contribution in [1.82, 2.24) is 4.90 Å². The second kappa shape index (κ2) is 4.96. The van der Waals surface area contributed by atoms with E-state index in [0.717, 1.165) is 19.3 Å². The third-order valence-electron chi connectivity index (χ3n) is 4.23. The molecule has 19 heavy (non-hydrogen) atoms. The minimum Gasteiger partial charge on any atom is -0.369 e. The molecular weight excluding hydrogens is 260 g/mol. The van der Waals surface area contributed by atoms with E-state index in [-0.39, 0.29) is 23.7 Å². The summed E-state index contributed by atoms with van der Waals surface area (Å²) in [6, 6.07) is 4.15. The third kappa shape index (κ3) is 2.52. The van der Waals surface area contributed by atoms with Crippen LogP contribution >= 0.6 is 11.3 Å². The number of primary amides is 1. The van der Waals surface area contributed by atoms with Gasteiger partial charge in [-0.15, -0.1) is 11.3 Å². The van der Waals surface area contributed by atoms with Gasteiger partial charge < -0.3 is 10.6 Å². The van der Waals surface area contributed by atoms with Gasteiger partial charge in [-0.05, 0) is 30.7 Å². The van der Waals surface area contributed by atoms with Crippen molar-refractivity contribution >= 4 is 23.2 Å². The molecule has 1 saturated carbocycles. The number of nitrogens with zero attached hydrogens (tertiary/aromatic N) is 1. The number of likely N-dealkylation sites (tertiary alicyclic amines) is 1. The summed E-state index contributed by atoms with van der Waals surface area (Å²) in [5.74, 6) is 0.595. The van der Waals surface area contributed by atoms with Crippen LogP contribution in [0.25, 0.3) is 0 Å². The van der Waals surface area contributed by atoms with E-state index < -0.39 is 0 Å². The zero-order valence-electron chi connectivity index (χ0n) is 10.7. The van der Waals surface area contributed by atoms with Gasteiger partial charge in [-0.3, -0.25) is 9.59 Å². The maximum atomic E-state index is 12.4. The average molecular weight is 278 g/mol. The molecule has 2 N–H and O–H groups in total. The Morgan fingerprint density at radius 2 is 2.05 bits per heavy atom. The van der Waals surface area contributed by atoms with E-state index in [1.54, 1.807) is 11.3 Å². The van der Waals surface area contributed by atoms with E-state index in [0.29, 0.717) is 19.0 Å². The smallest absolute Gasteiger partial charge is 0.226 e. The fraction of sp³-hybridized carbons (Fsp3) is 0.571. The van der Waals surface area contributed by atoms with Crippen LogP contribution in [0.3, 0.4) is 0 Å². The summed E-state index contributed by atoms with van der Waals surface area (Å²) < 4.78 is 0. The van der Waals surface area contributed by atoms with Crippen molar-refractivity contribution in [2.45, 2.75) is 25.2 Å². The fourth-order valence-corrected chi connectivity index (χ4v) is 3.81. The van der Waals surface area contributed by atoms with Crippen LogP contribution in [-0.2, 0) is 9.59 Å². The minimum atomic E-state index is -0.227. The predicted octanol–water partition coefficient (Wildman–Crippen LogP) is 1.58. The van der Waals surface area contributed by atoms with Gasteiger partial charge >= 0.3 is 0 Å². The number of rotatable bonds is 3. The molecule has 1 saturated heterocycles. The average Bonchev–Trinajstić information content (AvgIpc) is 3.03. The van der Waals surface area contributed by atoms with Crippen molar-refractivity contribution in [3.05, 3.63) is 22.4 Å². The number of hydrogen-bond acceptors (Lipinski definition) is 3. The number of carbonyl (C=O) groups is 2. The second-order valence-electron chi connectivity index (χ2n) is 5.47. The number of carbonyl (C=O) groups excluding carboxylic acids is 2. The molecule has 0 radical (unpaired) electrons. The van der Waals surface area contributed by atoms with Crippen LogP contribution in [-0.4, -0.2) is 29.8 Å². The molecule has 1 aromatic rings. The van der Waals surface area contributed by atoms with Crippen molar-refractivity contribution in [2.75, 3.05) is 13.1 Å². The first-order chi connectivity index (χ1) is 9.16. The van der Waals surface area contributed by atoms with Crippen LogP contribution < -0.4 is 5.73 Å². The first kappa shape index (κ1) is 12.7. The lowest BCUT2D eigenvalue weighted by Crippen LogP contribution is -2.42. The molecule has 2 heterocycles. The van der Waals surface area contributed by atoms with Crippen LogP contribution in [0.4, 0.5) is 0 Å². The Morgan fingerprint density at radius 3 is 2.63 bits per heavy atom. The number of piperidine rings is 1. The topological polar surface area (TPSA) is 63.4 Å². The maximum absolute atomic E-state index is 12.4. The zero-order chi connectivity index (χ0) is 13.4. The molecule has 1 aliphatic heterocycles. The summed E-state index contributed by atoms with van der Waals surface area (Å²) in [6.07, 6.45) is 2.42. The predicted molar refractivity (Wildman–Crippen MR) is 73.7 cm³/mol. The molecule has 2 atom stereocenters. The van der Waals surface area contributed by atoms with Crippen LogP contribution in [0.1, 0.15) is 30.1 Å². The molecule has 2 fully saturated rings. The van der Waals surface area contributed by atoms with E-state index in [9.17, 15) is 9.59 Å². The SMILES string of the molecule is NC(=O)C1CCN(C(=O)C2CC2c2cccs2)CC1.